The number of amides is 4. The molecule has 1 aromatic carbocycles. The van der Waals surface area contributed by atoms with Gasteiger partial charge in [-0.25, -0.2) is 4.79 Å². The van der Waals surface area contributed by atoms with E-state index in [1.807, 2.05) is 6.92 Å². The molecule has 100 valence electrons. The first-order chi connectivity index (χ1) is 8.95. The van der Waals surface area contributed by atoms with Gasteiger partial charge in [0, 0.05) is 10.7 Å². The highest BCUT2D eigenvalue weighted by Gasteiger charge is 2.31. The highest BCUT2D eigenvalue weighted by molar-refractivity contribution is 6.31. The molecule has 1 saturated heterocycles. The molecule has 1 atom stereocenters. The number of halogens is 1. The third kappa shape index (κ3) is 3.23. The Morgan fingerprint density at radius 1 is 1.42 bits per heavy atom. The van der Waals surface area contributed by atoms with Crippen LogP contribution in [-0.4, -0.2) is 23.9 Å². The molecule has 0 spiro atoms. The predicted octanol–water partition coefficient (Wildman–Crippen LogP) is 1.19. The molecule has 7 heteroatoms. The van der Waals surface area contributed by atoms with Crippen molar-refractivity contribution < 1.29 is 14.4 Å². The van der Waals surface area contributed by atoms with Crippen LogP contribution >= 0.6 is 11.6 Å². The Morgan fingerprint density at radius 2 is 2.16 bits per heavy atom. The number of nitrogens with one attached hydrogen (secondary N) is 3. The van der Waals surface area contributed by atoms with E-state index in [1.165, 1.54) is 0 Å². The number of aryl methyl sites for hydroxylation is 1. The fraction of sp³-hybridized carbons (Fsp3) is 0.250. The second kappa shape index (κ2) is 5.27. The third-order valence-corrected chi connectivity index (χ3v) is 2.96. The Morgan fingerprint density at radius 3 is 2.79 bits per heavy atom. The van der Waals surface area contributed by atoms with Gasteiger partial charge in [-0.2, -0.15) is 0 Å². The second-order valence-corrected chi connectivity index (χ2v) is 4.66. The first kappa shape index (κ1) is 13.4. The van der Waals surface area contributed by atoms with E-state index in [0.29, 0.717) is 10.7 Å². The Bertz CT molecular complexity index is 559. The first-order valence-electron chi connectivity index (χ1n) is 5.63. The molecule has 3 N–H and O–H groups in total. The maximum absolute atomic E-state index is 11.8. The van der Waals surface area contributed by atoms with Gasteiger partial charge >= 0.3 is 6.03 Å². The molecule has 1 aliphatic rings. The average molecular weight is 282 g/mol. The lowest BCUT2D eigenvalue weighted by Gasteiger charge is -2.10. The molecule has 6 nitrogen and oxygen atoms in total. The zero-order valence-corrected chi connectivity index (χ0v) is 10.9. The standard InChI is InChI=1S/C12H12ClN3O3/c1-6-2-3-7(13)4-8(6)14-10(17)5-9-11(18)16-12(19)15-9/h2-4,9H,5H2,1H3,(H,14,17)(H2,15,16,18,19)/t9-/m1/s1. The molecule has 1 aliphatic heterocycles. The van der Waals surface area contributed by atoms with E-state index in [9.17, 15) is 14.4 Å². The summed E-state index contributed by atoms with van der Waals surface area (Å²) in [6, 6.07) is 3.72. The van der Waals surface area contributed by atoms with Gasteiger partial charge in [-0.3, -0.25) is 14.9 Å². The summed E-state index contributed by atoms with van der Waals surface area (Å²) in [5.74, 6) is -0.865. The van der Waals surface area contributed by atoms with E-state index < -0.39 is 18.0 Å². The number of imide groups is 1. The molecule has 0 bridgehead atoms. The van der Waals surface area contributed by atoms with Gasteiger partial charge < -0.3 is 10.6 Å². The number of hydrogen-bond acceptors (Lipinski definition) is 3. The maximum atomic E-state index is 11.8. The Balaban J connectivity index is 2.00. The summed E-state index contributed by atoms with van der Waals surface area (Å²) in [4.78, 5) is 34.0. The van der Waals surface area contributed by atoms with Crippen LogP contribution in [0.1, 0.15) is 12.0 Å². The molecule has 4 amide bonds. The maximum Gasteiger partial charge on any atom is 0.322 e. The molecule has 2 rings (SSSR count). The highest BCUT2D eigenvalue weighted by atomic mass is 35.5. The van der Waals surface area contributed by atoms with Gasteiger partial charge in [0.1, 0.15) is 6.04 Å². The zero-order valence-electron chi connectivity index (χ0n) is 10.1. The van der Waals surface area contributed by atoms with Crippen molar-refractivity contribution in [1.82, 2.24) is 10.6 Å². The van der Waals surface area contributed by atoms with E-state index >= 15 is 0 Å². The fourth-order valence-corrected chi connectivity index (χ4v) is 1.89. The minimum Gasteiger partial charge on any atom is -0.326 e. The number of carbonyl (C=O) groups excluding carboxylic acids is 3. The van der Waals surface area contributed by atoms with Crippen LogP contribution in [0.3, 0.4) is 0 Å². The van der Waals surface area contributed by atoms with Crippen LogP contribution < -0.4 is 16.0 Å². The average Bonchev–Trinajstić information content (AvgIpc) is 2.62. The van der Waals surface area contributed by atoms with Crippen molar-refractivity contribution in [3.63, 3.8) is 0 Å². The van der Waals surface area contributed by atoms with Crippen molar-refractivity contribution in [1.29, 1.82) is 0 Å². The van der Waals surface area contributed by atoms with Gasteiger partial charge in [-0.15, -0.1) is 0 Å². The Kier molecular flexibility index (Phi) is 3.71. The lowest BCUT2D eigenvalue weighted by atomic mass is 10.1. The van der Waals surface area contributed by atoms with Crippen molar-refractivity contribution in [2.45, 2.75) is 19.4 Å². The van der Waals surface area contributed by atoms with Crippen molar-refractivity contribution in [2.24, 2.45) is 0 Å². The summed E-state index contributed by atoms with van der Waals surface area (Å²) in [5, 5.41) is 7.59. The summed E-state index contributed by atoms with van der Waals surface area (Å²) in [5.41, 5.74) is 1.44. The predicted molar refractivity (Wildman–Crippen MR) is 69.9 cm³/mol. The highest BCUT2D eigenvalue weighted by Crippen LogP contribution is 2.20. The van der Waals surface area contributed by atoms with E-state index in [0.717, 1.165) is 5.56 Å². The molecule has 0 aromatic heterocycles. The van der Waals surface area contributed by atoms with Crippen molar-refractivity contribution in [2.75, 3.05) is 5.32 Å². The second-order valence-electron chi connectivity index (χ2n) is 4.23. The molecule has 1 fully saturated rings. The van der Waals surface area contributed by atoms with Crippen molar-refractivity contribution in [3.8, 4) is 0 Å². The zero-order chi connectivity index (χ0) is 14.0. The van der Waals surface area contributed by atoms with E-state index in [-0.39, 0.29) is 12.3 Å². The number of rotatable bonds is 3. The van der Waals surface area contributed by atoms with Gasteiger partial charge in [0.05, 0.1) is 6.42 Å². The lowest BCUT2D eigenvalue weighted by molar-refractivity contribution is -0.124. The van der Waals surface area contributed by atoms with Crippen molar-refractivity contribution >= 4 is 35.1 Å². The SMILES string of the molecule is Cc1ccc(Cl)cc1NC(=O)C[C@H]1NC(=O)NC1=O. The molecule has 0 saturated carbocycles. The van der Waals surface area contributed by atoms with Gasteiger partial charge in [0.25, 0.3) is 5.91 Å². The van der Waals surface area contributed by atoms with Crippen LogP contribution in [0.2, 0.25) is 5.02 Å². The van der Waals surface area contributed by atoms with Crippen LogP contribution in [0.4, 0.5) is 10.5 Å². The molecule has 1 aromatic rings. The largest absolute Gasteiger partial charge is 0.326 e. The molecular weight excluding hydrogens is 270 g/mol. The summed E-state index contributed by atoms with van der Waals surface area (Å²) in [7, 11) is 0. The minimum atomic E-state index is -0.827. The molecule has 0 aliphatic carbocycles. The monoisotopic (exact) mass is 281 g/mol. The quantitative estimate of drug-likeness (QED) is 0.727. The minimum absolute atomic E-state index is 0.122. The van der Waals surface area contributed by atoms with Crippen LogP contribution in [0.5, 0.6) is 0 Å². The van der Waals surface area contributed by atoms with Gasteiger partial charge in [-0.1, -0.05) is 17.7 Å². The summed E-state index contributed by atoms with van der Waals surface area (Å²) in [6.07, 6.45) is -0.122. The molecular formula is C12H12ClN3O3. The molecule has 19 heavy (non-hydrogen) atoms. The van der Waals surface area contributed by atoms with Gasteiger partial charge in [-0.05, 0) is 24.6 Å². The smallest absolute Gasteiger partial charge is 0.322 e. The number of benzene rings is 1. The number of anilines is 1. The fourth-order valence-electron chi connectivity index (χ4n) is 1.72. The number of carbonyl (C=O) groups is 3. The van der Waals surface area contributed by atoms with Crippen LogP contribution in [0.15, 0.2) is 18.2 Å². The summed E-state index contributed by atoms with van der Waals surface area (Å²) in [6.45, 7) is 1.83. The topological polar surface area (TPSA) is 87.3 Å². The van der Waals surface area contributed by atoms with Gasteiger partial charge in [0.15, 0.2) is 0 Å². The normalized spacial score (nSPS) is 17.9. The summed E-state index contributed by atoms with van der Waals surface area (Å²) < 4.78 is 0. The third-order valence-electron chi connectivity index (χ3n) is 2.72. The number of hydrogen-bond donors (Lipinski definition) is 3. The van der Waals surface area contributed by atoms with Gasteiger partial charge in [0.2, 0.25) is 5.91 Å². The lowest BCUT2D eigenvalue weighted by Crippen LogP contribution is -2.33. The molecule has 0 radical (unpaired) electrons. The number of urea groups is 1. The first-order valence-corrected chi connectivity index (χ1v) is 6.01. The van der Waals surface area contributed by atoms with E-state index in [4.69, 9.17) is 11.6 Å². The summed E-state index contributed by atoms with van der Waals surface area (Å²) >= 11 is 5.84. The Hall–Kier alpha value is -2.08. The Labute approximate surface area is 114 Å². The van der Waals surface area contributed by atoms with Crippen LogP contribution in [-0.2, 0) is 9.59 Å². The molecule has 0 unspecified atom stereocenters. The van der Waals surface area contributed by atoms with Crippen LogP contribution in [0, 0.1) is 6.92 Å². The van der Waals surface area contributed by atoms with E-state index in [1.54, 1.807) is 18.2 Å². The van der Waals surface area contributed by atoms with E-state index in [2.05, 4.69) is 16.0 Å². The van der Waals surface area contributed by atoms with Crippen molar-refractivity contribution in [3.05, 3.63) is 28.8 Å². The van der Waals surface area contributed by atoms with Crippen LogP contribution in [0.25, 0.3) is 0 Å². The molecule has 1 heterocycles.